The van der Waals surface area contributed by atoms with Gasteiger partial charge < -0.3 is 14.7 Å². The Morgan fingerprint density at radius 1 is 1.18 bits per heavy atom. The lowest BCUT2D eigenvalue weighted by molar-refractivity contribution is -0.137. The summed E-state index contributed by atoms with van der Waals surface area (Å²) in [6.07, 6.45) is -2.83. The van der Waals surface area contributed by atoms with Crippen LogP contribution in [-0.2, 0) is 12.7 Å². The summed E-state index contributed by atoms with van der Waals surface area (Å²) in [5, 5.41) is 19.2. The minimum absolute atomic E-state index is 0.00134. The fourth-order valence-corrected chi connectivity index (χ4v) is 5.29. The number of alkyl halides is 3. The van der Waals surface area contributed by atoms with Crippen molar-refractivity contribution in [2.24, 2.45) is 11.3 Å². The van der Waals surface area contributed by atoms with E-state index in [1.165, 1.54) is 11.6 Å². The van der Waals surface area contributed by atoms with Gasteiger partial charge in [0.05, 0.1) is 24.3 Å². The minimum Gasteiger partial charge on any atom is -0.497 e. The highest BCUT2D eigenvalue weighted by molar-refractivity contribution is 5.56. The Morgan fingerprint density at radius 2 is 1.94 bits per heavy atom. The van der Waals surface area contributed by atoms with Crippen LogP contribution in [0.5, 0.6) is 5.75 Å². The highest BCUT2D eigenvalue weighted by Gasteiger charge is 2.48. The van der Waals surface area contributed by atoms with Gasteiger partial charge in [0.2, 0.25) is 0 Å². The van der Waals surface area contributed by atoms with E-state index in [2.05, 4.69) is 11.0 Å². The second kappa shape index (κ2) is 9.24. The van der Waals surface area contributed by atoms with Gasteiger partial charge in [0.1, 0.15) is 5.75 Å². The molecular formula is C25H28F3N3O2. The molecule has 0 saturated carbocycles. The van der Waals surface area contributed by atoms with Gasteiger partial charge in [-0.3, -0.25) is 4.90 Å². The molecule has 0 aromatic heterocycles. The number of hydrogen-bond donors (Lipinski definition) is 1. The number of halogens is 3. The number of methoxy groups -OCH3 is 1. The summed E-state index contributed by atoms with van der Waals surface area (Å²) >= 11 is 0. The average Bonchev–Trinajstić information content (AvgIpc) is 3.17. The molecule has 2 aliphatic rings. The van der Waals surface area contributed by atoms with Crippen LogP contribution in [0.15, 0.2) is 42.5 Å². The number of nitrogens with zero attached hydrogens (tertiary/aromatic N) is 3. The zero-order chi connectivity index (χ0) is 23.6. The number of nitriles is 1. The summed E-state index contributed by atoms with van der Waals surface area (Å²) in [6.45, 7) is 3.66. The smallest absolute Gasteiger partial charge is 0.417 e. The fraction of sp³-hybridized carbons (Fsp3) is 0.480. The number of benzene rings is 2. The molecule has 0 radical (unpaired) electrons. The normalized spacial score (nSPS) is 20.7. The van der Waals surface area contributed by atoms with Crippen molar-refractivity contribution in [3.8, 4) is 11.8 Å². The molecule has 176 valence electrons. The maximum atomic E-state index is 13.4. The first-order valence-corrected chi connectivity index (χ1v) is 11.1. The van der Waals surface area contributed by atoms with Gasteiger partial charge in [-0.2, -0.15) is 18.4 Å². The molecule has 1 atom stereocenters. The van der Waals surface area contributed by atoms with Gasteiger partial charge in [-0.1, -0.05) is 12.1 Å². The molecule has 1 N–H and O–H groups in total. The zero-order valence-corrected chi connectivity index (χ0v) is 18.6. The van der Waals surface area contributed by atoms with Crippen molar-refractivity contribution in [2.75, 3.05) is 44.8 Å². The van der Waals surface area contributed by atoms with E-state index < -0.39 is 11.7 Å². The Bertz CT molecular complexity index is 1030. The summed E-state index contributed by atoms with van der Waals surface area (Å²) in [5.41, 5.74) is 0.220. The summed E-state index contributed by atoms with van der Waals surface area (Å²) < 4.78 is 45.6. The summed E-state index contributed by atoms with van der Waals surface area (Å²) in [4.78, 5) is 4.32. The number of likely N-dealkylation sites (tertiary alicyclic amines) is 1. The monoisotopic (exact) mass is 459 g/mol. The number of ether oxygens (including phenoxy) is 1. The number of piperidine rings is 1. The van der Waals surface area contributed by atoms with E-state index in [1.54, 1.807) is 19.2 Å². The van der Waals surface area contributed by atoms with Crippen molar-refractivity contribution in [1.29, 1.82) is 5.26 Å². The predicted molar refractivity (Wildman–Crippen MR) is 119 cm³/mol. The van der Waals surface area contributed by atoms with Crippen LogP contribution >= 0.6 is 0 Å². The van der Waals surface area contributed by atoms with Crippen molar-refractivity contribution >= 4 is 5.69 Å². The van der Waals surface area contributed by atoms with Crippen molar-refractivity contribution < 1.29 is 23.0 Å². The molecule has 2 heterocycles. The Balaban J connectivity index is 1.47. The predicted octanol–water partition coefficient (Wildman–Crippen LogP) is 4.30. The molecule has 2 saturated heterocycles. The second-order valence-corrected chi connectivity index (χ2v) is 9.09. The van der Waals surface area contributed by atoms with Crippen LogP contribution in [0.25, 0.3) is 0 Å². The molecule has 0 bridgehead atoms. The zero-order valence-electron chi connectivity index (χ0n) is 18.6. The van der Waals surface area contributed by atoms with Crippen molar-refractivity contribution in [1.82, 2.24) is 4.90 Å². The lowest BCUT2D eigenvalue weighted by Gasteiger charge is -2.42. The maximum Gasteiger partial charge on any atom is 0.417 e. The molecular weight excluding hydrogens is 431 g/mol. The molecule has 1 spiro atoms. The van der Waals surface area contributed by atoms with E-state index in [0.717, 1.165) is 44.3 Å². The molecule has 0 amide bonds. The first-order valence-electron chi connectivity index (χ1n) is 11.1. The third kappa shape index (κ3) is 4.80. The number of rotatable bonds is 5. The first-order chi connectivity index (χ1) is 15.8. The van der Waals surface area contributed by atoms with E-state index in [4.69, 9.17) is 10.00 Å². The molecule has 33 heavy (non-hydrogen) atoms. The molecule has 2 aromatic carbocycles. The molecule has 2 fully saturated rings. The minimum atomic E-state index is -4.58. The molecule has 1 unspecified atom stereocenters. The summed E-state index contributed by atoms with van der Waals surface area (Å²) in [7, 11) is 1.65. The number of anilines is 1. The van der Waals surface area contributed by atoms with E-state index in [9.17, 15) is 18.3 Å². The fourth-order valence-electron chi connectivity index (χ4n) is 5.29. The second-order valence-electron chi connectivity index (χ2n) is 9.09. The molecule has 8 heteroatoms. The molecule has 0 aliphatic carbocycles. The van der Waals surface area contributed by atoms with Crippen LogP contribution in [0.2, 0.25) is 0 Å². The van der Waals surface area contributed by atoms with Gasteiger partial charge in [-0.15, -0.1) is 0 Å². The Labute approximate surface area is 192 Å². The highest BCUT2D eigenvalue weighted by Crippen LogP contribution is 2.46. The quantitative estimate of drug-likeness (QED) is 0.723. The number of aliphatic hydroxyl groups is 1. The van der Waals surface area contributed by atoms with Gasteiger partial charge in [-0.05, 0) is 67.2 Å². The van der Waals surface area contributed by atoms with E-state index in [1.807, 2.05) is 23.1 Å². The highest BCUT2D eigenvalue weighted by atomic mass is 19.4. The first kappa shape index (κ1) is 23.4. The van der Waals surface area contributed by atoms with Gasteiger partial charge >= 0.3 is 6.18 Å². The van der Waals surface area contributed by atoms with Gasteiger partial charge in [0, 0.05) is 37.8 Å². The third-order valence-electron chi connectivity index (χ3n) is 7.22. The molecule has 2 aromatic rings. The Kier molecular flexibility index (Phi) is 6.55. The molecule has 4 rings (SSSR count). The summed E-state index contributed by atoms with van der Waals surface area (Å²) in [6, 6.07) is 13.5. The number of aliphatic hydroxyl groups excluding tert-OH is 1. The van der Waals surface area contributed by atoms with Crippen molar-refractivity contribution in [2.45, 2.75) is 25.6 Å². The maximum absolute atomic E-state index is 13.4. The largest absolute Gasteiger partial charge is 0.497 e. The molecule has 5 nitrogen and oxygen atoms in total. The standard InChI is InChI=1S/C25H28F3N3O2/c1-33-22-4-2-3-18(11-22)14-30-9-7-24(8-10-30)17-31(15-20(24)16-32)21-6-5-19(13-29)23(12-21)25(26,27)28/h2-6,11-12,20,32H,7-10,14-17H2,1H3. The van der Waals surface area contributed by atoms with Crippen LogP contribution in [0.4, 0.5) is 18.9 Å². The SMILES string of the molecule is COc1cccc(CN2CCC3(CC2)CN(c2ccc(C#N)c(C(F)(F)F)c2)CC3CO)c1. The van der Waals surface area contributed by atoms with E-state index >= 15 is 0 Å². The van der Waals surface area contributed by atoms with Crippen LogP contribution in [0.1, 0.15) is 29.5 Å². The van der Waals surface area contributed by atoms with Gasteiger partial charge in [0.25, 0.3) is 0 Å². The Morgan fingerprint density at radius 3 is 2.58 bits per heavy atom. The van der Waals surface area contributed by atoms with Crippen molar-refractivity contribution in [3.63, 3.8) is 0 Å². The van der Waals surface area contributed by atoms with Crippen LogP contribution in [0.3, 0.4) is 0 Å². The summed E-state index contributed by atoms with van der Waals surface area (Å²) in [5.74, 6) is 0.829. The van der Waals surface area contributed by atoms with Gasteiger partial charge in [-0.25, -0.2) is 0 Å². The van der Waals surface area contributed by atoms with Crippen LogP contribution < -0.4 is 9.64 Å². The van der Waals surface area contributed by atoms with E-state index in [-0.39, 0.29) is 23.5 Å². The topological polar surface area (TPSA) is 59.7 Å². The molecule has 2 aliphatic heterocycles. The lowest BCUT2D eigenvalue weighted by atomic mass is 9.71. The Hall–Kier alpha value is -2.76. The van der Waals surface area contributed by atoms with Crippen LogP contribution in [0, 0.1) is 22.7 Å². The average molecular weight is 460 g/mol. The van der Waals surface area contributed by atoms with Crippen LogP contribution in [-0.4, -0.2) is 49.9 Å². The third-order valence-corrected chi connectivity index (χ3v) is 7.22. The number of hydrogen-bond acceptors (Lipinski definition) is 5. The van der Waals surface area contributed by atoms with Crippen molar-refractivity contribution in [3.05, 3.63) is 59.2 Å². The van der Waals surface area contributed by atoms with E-state index in [0.29, 0.717) is 18.8 Å². The van der Waals surface area contributed by atoms with Gasteiger partial charge in [0.15, 0.2) is 0 Å². The lowest BCUT2D eigenvalue weighted by Crippen LogP contribution is -2.44.